The Hall–Kier alpha value is -5.00. The second kappa shape index (κ2) is 18.8. The number of ether oxygens (including phenoxy) is 4. The number of nitrogens with one attached hydrogen (secondary N) is 3. The van der Waals surface area contributed by atoms with Gasteiger partial charge >= 0.3 is 18.1 Å². The van der Waals surface area contributed by atoms with Crippen molar-refractivity contribution >= 4 is 23.5 Å². The lowest BCUT2D eigenvalue weighted by atomic mass is 9.79. The fourth-order valence-electron chi connectivity index (χ4n) is 5.03. The number of methoxy groups -OCH3 is 1. The number of aliphatic hydroxyl groups excluding tert-OH is 1. The summed E-state index contributed by atoms with van der Waals surface area (Å²) in [6.45, 7) is 4.82. The largest absolute Gasteiger partial charge is 0.491 e. The highest BCUT2D eigenvalue weighted by molar-refractivity contribution is 6.00. The molecular weight excluding hydrogens is 681 g/mol. The van der Waals surface area contributed by atoms with E-state index in [2.05, 4.69) is 20.7 Å². The number of nitrogens with zero attached hydrogens (tertiary/aromatic N) is 1. The van der Waals surface area contributed by atoms with Crippen molar-refractivity contribution in [3.8, 4) is 5.75 Å². The van der Waals surface area contributed by atoms with Crippen LogP contribution in [-0.2, 0) is 35.0 Å². The number of hydrogen-bond donors (Lipinski definition) is 4. The normalized spacial score (nSPS) is 15.3. The van der Waals surface area contributed by atoms with E-state index in [1.807, 2.05) is 13.8 Å². The summed E-state index contributed by atoms with van der Waals surface area (Å²) >= 11 is 0. The van der Waals surface area contributed by atoms with E-state index in [4.69, 9.17) is 14.2 Å². The summed E-state index contributed by atoms with van der Waals surface area (Å²) in [5.41, 5.74) is -3.38. The van der Waals surface area contributed by atoms with Crippen LogP contribution in [0.5, 0.6) is 5.75 Å². The molecule has 0 saturated heterocycles. The molecule has 2 unspecified atom stereocenters. The number of amides is 1. The molecule has 0 saturated carbocycles. The van der Waals surface area contributed by atoms with Crippen molar-refractivity contribution in [3.63, 3.8) is 0 Å². The third kappa shape index (κ3) is 11.8. The van der Waals surface area contributed by atoms with E-state index in [9.17, 15) is 42.8 Å². The minimum atomic E-state index is -5.15. The second-order valence-electron chi connectivity index (χ2n) is 11.6. The molecule has 1 heterocycles. The number of aliphatic hydroxyl groups is 1. The van der Waals surface area contributed by atoms with Crippen LogP contribution in [0.4, 0.5) is 18.9 Å². The maximum atomic E-state index is 14.4. The summed E-state index contributed by atoms with van der Waals surface area (Å²) in [5.74, 6) is -4.16. The van der Waals surface area contributed by atoms with Crippen molar-refractivity contribution in [1.82, 2.24) is 16.0 Å². The fourth-order valence-corrected chi connectivity index (χ4v) is 5.03. The molecule has 0 spiro atoms. The van der Waals surface area contributed by atoms with Gasteiger partial charge in [0.05, 0.1) is 61.0 Å². The number of non-ortho nitro benzene ring substituents is 1. The number of carbonyl (C=O) groups excluding carboxylic acids is 3. The van der Waals surface area contributed by atoms with Crippen molar-refractivity contribution in [2.24, 2.45) is 0 Å². The molecule has 17 heteroatoms. The first-order valence-corrected chi connectivity index (χ1v) is 15.9. The molecule has 2 aromatic carbocycles. The number of nitro benzene ring substituents is 1. The number of alkyl halides is 3. The third-order valence-electron chi connectivity index (χ3n) is 7.35. The lowest BCUT2D eigenvalue weighted by Crippen LogP contribution is -2.40. The predicted octanol–water partition coefficient (Wildman–Crippen LogP) is 3.20. The van der Waals surface area contributed by atoms with Crippen LogP contribution in [0.1, 0.15) is 37.8 Å². The molecule has 1 aliphatic heterocycles. The van der Waals surface area contributed by atoms with Gasteiger partial charge in [-0.25, -0.2) is 9.59 Å². The van der Waals surface area contributed by atoms with E-state index < -0.39 is 69.9 Å². The van der Waals surface area contributed by atoms with Crippen LogP contribution in [0, 0.1) is 10.1 Å². The van der Waals surface area contributed by atoms with E-state index in [-0.39, 0.29) is 50.3 Å². The Morgan fingerprint density at radius 1 is 1.08 bits per heavy atom. The molecule has 2 aromatic rings. The number of carbonyl (C=O) groups is 3. The Morgan fingerprint density at radius 2 is 1.78 bits per heavy atom. The number of hydrogen-bond acceptors (Lipinski definition) is 12. The minimum Gasteiger partial charge on any atom is -0.491 e. The van der Waals surface area contributed by atoms with Gasteiger partial charge in [-0.05, 0) is 30.2 Å². The topological polar surface area (TPSA) is 188 Å². The maximum Gasteiger partial charge on any atom is 0.431 e. The molecule has 14 nitrogen and oxygen atoms in total. The molecule has 0 bridgehead atoms. The predicted molar refractivity (Wildman–Crippen MR) is 176 cm³/mol. The van der Waals surface area contributed by atoms with Crippen LogP contribution in [0.3, 0.4) is 0 Å². The number of allylic oxidation sites excluding steroid dienone is 1. The van der Waals surface area contributed by atoms with Crippen LogP contribution in [0.25, 0.3) is 0 Å². The Morgan fingerprint density at radius 3 is 2.39 bits per heavy atom. The molecule has 4 N–H and O–H groups in total. The van der Waals surface area contributed by atoms with Crippen molar-refractivity contribution < 1.29 is 56.5 Å². The number of rotatable bonds is 18. The van der Waals surface area contributed by atoms with Gasteiger partial charge in [-0.2, -0.15) is 13.2 Å². The van der Waals surface area contributed by atoms with Crippen molar-refractivity contribution in [3.05, 3.63) is 92.3 Å². The van der Waals surface area contributed by atoms with Crippen molar-refractivity contribution in [2.75, 3.05) is 46.6 Å². The van der Waals surface area contributed by atoms with Gasteiger partial charge in [0.15, 0.2) is 0 Å². The molecule has 1 amide bonds. The van der Waals surface area contributed by atoms with E-state index >= 15 is 0 Å². The van der Waals surface area contributed by atoms with E-state index in [1.165, 1.54) is 19.1 Å². The van der Waals surface area contributed by atoms with Crippen LogP contribution >= 0.6 is 0 Å². The molecule has 0 radical (unpaired) electrons. The summed E-state index contributed by atoms with van der Waals surface area (Å²) in [5, 5.41) is 29.3. The zero-order valence-corrected chi connectivity index (χ0v) is 28.5. The lowest BCUT2D eigenvalue weighted by Gasteiger charge is -2.32. The first-order chi connectivity index (χ1) is 24.2. The standard InChI is InChI=1S/C34H41F3N4O10/c1-5-50-33(45)29-26(40-31(34(35,36)37)30(32(44)48-4)28(29)22-7-6-8-23(16-22)41(46)47)19-49-14-13-38-27(43)15-21-9-11-25(12-10-21)51-18-24(42)17-39-20(2)3/h6-12,16,20,24,28,39-40,42H,5,13-15,17-19H2,1-4H3,(H,38,43). The maximum absolute atomic E-state index is 14.4. The minimum absolute atomic E-state index is 0.00185. The summed E-state index contributed by atoms with van der Waals surface area (Å²) < 4.78 is 64.1. The molecular formula is C34H41F3N4O10. The SMILES string of the molecule is CCOC(=O)C1=C(COCCNC(=O)Cc2ccc(OCC(O)CNC(C)C)cc2)NC(C(F)(F)F)=C(C(=O)OC)C1c1cccc([N+](=O)[O-])c1. The van der Waals surface area contributed by atoms with Crippen LogP contribution in [0.15, 0.2) is 71.1 Å². The van der Waals surface area contributed by atoms with Gasteiger partial charge in [-0.3, -0.25) is 14.9 Å². The van der Waals surface area contributed by atoms with Gasteiger partial charge in [0.25, 0.3) is 5.69 Å². The first kappa shape index (κ1) is 40.4. The zero-order valence-electron chi connectivity index (χ0n) is 28.5. The lowest BCUT2D eigenvalue weighted by molar-refractivity contribution is -0.384. The quantitative estimate of drug-likeness (QED) is 0.0763. The molecule has 0 aromatic heterocycles. The average molecular weight is 723 g/mol. The third-order valence-corrected chi connectivity index (χ3v) is 7.35. The molecule has 3 rings (SSSR count). The Kier molecular flexibility index (Phi) is 14.9. The van der Waals surface area contributed by atoms with E-state index in [0.29, 0.717) is 17.9 Å². The number of halogens is 3. The van der Waals surface area contributed by atoms with E-state index in [0.717, 1.165) is 19.2 Å². The summed E-state index contributed by atoms with van der Waals surface area (Å²) in [7, 11) is 0.860. The van der Waals surface area contributed by atoms with Crippen LogP contribution < -0.4 is 20.7 Å². The average Bonchev–Trinajstić information content (AvgIpc) is 3.08. The second-order valence-corrected chi connectivity index (χ2v) is 11.6. The summed E-state index contributed by atoms with van der Waals surface area (Å²) in [4.78, 5) is 49.4. The zero-order chi connectivity index (χ0) is 37.7. The Labute approximate surface area is 292 Å². The molecule has 51 heavy (non-hydrogen) atoms. The summed E-state index contributed by atoms with van der Waals surface area (Å²) in [6, 6.07) is 11.4. The fraction of sp³-hybridized carbons (Fsp3) is 0.441. The van der Waals surface area contributed by atoms with Gasteiger partial charge in [0.1, 0.15) is 24.2 Å². The van der Waals surface area contributed by atoms with Crippen molar-refractivity contribution in [1.29, 1.82) is 0 Å². The number of benzene rings is 2. The Bertz CT molecular complexity index is 1610. The molecule has 0 fully saturated rings. The van der Waals surface area contributed by atoms with Crippen LogP contribution in [0.2, 0.25) is 0 Å². The van der Waals surface area contributed by atoms with Crippen molar-refractivity contribution in [2.45, 2.75) is 51.4 Å². The molecule has 0 aliphatic carbocycles. The van der Waals surface area contributed by atoms with Gasteiger partial charge in [0, 0.05) is 31.3 Å². The van der Waals surface area contributed by atoms with Gasteiger partial charge < -0.3 is 40.0 Å². The van der Waals surface area contributed by atoms with Gasteiger partial charge in [-0.15, -0.1) is 0 Å². The number of nitro groups is 1. The highest BCUT2D eigenvalue weighted by atomic mass is 19.4. The molecule has 278 valence electrons. The highest BCUT2D eigenvalue weighted by Gasteiger charge is 2.48. The van der Waals surface area contributed by atoms with Crippen LogP contribution in [-0.4, -0.2) is 92.8 Å². The van der Waals surface area contributed by atoms with Gasteiger partial charge in [0.2, 0.25) is 5.91 Å². The number of esters is 2. The number of dihydropyridines is 1. The Balaban J connectivity index is 1.72. The highest BCUT2D eigenvalue weighted by Crippen LogP contribution is 2.44. The molecule has 2 atom stereocenters. The summed E-state index contributed by atoms with van der Waals surface area (Å²) in [6.07, 6.45) is -5.85. The smallest absolute Gasteiger partial charge is 0.431 e. The first-order valence-electron chi connectivity index (χ1n) is 15.9. The van der Waals surface area contributed by atoms with E-state index in [1.54, 1.807) is 24.3 Å². The molecule has 1 aliphatic rings. The monoisotopic (exact) mass is 722 g/mol. The van der Waals surface area contributed by atoms with Gasteiger partial charge in [-0.1, -0.05) is 38.1 Å².